The van der Waals surface area contributed by atoms with Crippen LogP contribution in [0.4, 0.5) is 26.7 Å². The number of fused-ring (bicyclic) bond motifs is 2. The molecule has 6 atom stereocenters. The Labute approximate surface area is 553 Å². The summed E-state index contributed by atoms with van der Waals surface area (Å²) in [5, 5.41) is 33.4. The van der Waals surface area contributed by atoms with Crippen molar-refractivity contribution in [2.75, 3.05) is 36.2 Å². The molecule has 23 nitrogen and oxygen atoms in total. The number of aliphatic carboxylic acids is 1. The van der Waals surface area contributed by atoms with Gasteiger partial charge in [0.05, 0.1) is 30.0 Å². The first kappa shape index (κ1) is 75.5. The monoisotopic (exact) mass is 1290 g/mol. The number of nitrogens with two attached hydrogens (primary N) is 1. The normalized spacial score (nSPS) is 15.4. The van der Waals surface area contributed by atoms with E-state index in [4.69, 9.17) is 16.0 Å². The van der Waals surface area contributed by atoms with Crippen LogP contribution in [-0.4, -0.2) is 114 Å². The van der Waals surface area contributed by atoms with Crippen molar-refractivity contribution in [3.8, 4) is 0 Å². The molecule has 0 spiro atoms. The number of urea groups is 1. The van der Waals surface area contributed by atoms with Gasteiger partial charge in [0, 0.05) is 54.4 Å². The first-order chi connectivity index (χ1) is 44.0. The quantitative estimate of drug-likeness (QED) is 0.0144. The van der Waals surface area contributed by atoms with Gasteiger partial charge < -0.3 is 57.3 Å². The van der Waals surface area contributed by atoms with E-state index in [1.165, 1.54) is 11.8 Å². The van der Waals surface area contributed by atoms with Crippen molar-refractivity contribution in [1.82, 2.24) is 31.5 Å². The number of carboxylic acid groups (broad SMARTS) is 1. The molecule has 0 saturated carbocycles. The minimum Gasteiger partial charge on any atom is -0.478 e. The number of benzene rings is 4. The van der Waals surface area contributed by atoms with Crippen molar-refractivity contribution in [2.24, 2.45) is 39.4 Å². The molecular formula is C71H98N12O11. The third-order valence-corrected chi connectivity index (χ3v) is 17.3. The average Bonchev–Trinajstić information content (AvgIpc) is 0.764. The number of anilines is 3. The zero-order valence-electron chi connectivity index (χ0n) is 57.3. The summed E-state index contributed by atoms with van der Waals surface area (Å²) in [6.45, 7) is 26.6. The molecule has 23 heteroatoms. The van der Waals surface area contributed by atoms with Crippen LogP contribution in [0.3, 0.4) is 0 Å². The van der Waals surface area contributed by atoms with Crippen molar-refractivity contribution in [1.29, 1.82) is 5.53 Å². The molecule has 1 heterocycles. The molecule has 0 aliphatic carbocycles. The summed E-state index contributed by atoms with van der Waals surface area (Å²) in [4.78, 5) is 124. The van der Waals surface area contributed by atoms with Gasteiger partial charge >= 0.3 is 18.1 Å². The Kier molecular flexibility index (Phi) is 26.5. The smallest absolute Gasteiger partial charge is 0.411 e. The highest BCUT2D eigenvalue weighted by Gasteiger charge is 2.42. The predicted octanol–water partition coefficient (Wildman–Crippen LogP) is 10.3. The fourth-order valence-electron chi connectivity index (χ4n) is 11.3. The van der Waals surface area contributed by atoms with E-state index in [2.05, 4.69) is 70.0 Å². The van der Waals surface area contributed by atoms with Gasteiger partial charge in [-0.15, -0.1) is 0 Å². The van der Waals surface area contributed by atoms with E-state index >= 15 is 0 Å². The molecule has 0 bridgehead atoms. The van der Waals surface area contributed by atoms with Gasteiger partial charge in [0.1, 0.15) is 24.7 Å². The molecule has 1 aliphatic rings. The number of nitrogens with one attached hydrogen (secondary N) is 8. The third kappa shape index (κ3) is 20.1. The molecule has 94 heavy (non-hydrogen) atoms. The maximum absolute atomic E-state index is 14.4. The SMILES string of the molecule is CN[C@H](C(=O)NC(C(=O)N(C)[C@H](/C=C(\C)C(=O)O)C(C)C)C(C)(C)C)C(C)(C)c1cccc(NC(=O)OCc2ccc(NC(=O)[C@H](CCCNC(N)=O)NC(=O)[C@@H](NC(=O)CCC(=O)N3Cc4ccccc4/C(C(C)C(C)(C)C)=C(/N=N)c4ccccc43)C(C)C)cc2)c1. The van der Waals surface area contributed by atoms with E-state index in [9.17, 15) is 48.3 Å². The number of hydrogen-bond acceptors (Lipinski definition) is 13. The summed E-state index contributed by atoms with van der Waals surface area (Å²) in [6, 6.07) is 23.0. The molecule has 1 aliphatic heterocycles. The fourth-order valence-corrected chi connectivity index (χ4v) is 11.3. The molecule has 4 aromatic rings. The van der Waals surface area contributed by atoms with Crippen LogP contribution in [0.2, 0.25) is 0 Å². The van der Waals surface area contributed by atoms with Crippen LogP contribution in [0, 0.1) is 34.1 Å². The number of nitrogens with zero attached hydrogens (tertiary/aromatic N) is 3. The molecule has 5 rings (SSSR count). The number of ether oxygens (including phenoxy) is 1. The van der Waals surface area contributed by atoms with Gasteiger partial charge in [-0.1, -0.05) is 163 Å². The molecular weight excluding hydrogens is 1200 g/mol. The second-order valence-corrected chi connectivity index (χ2v) is 27.5. The number of carbonyl (C=O) groups is 9. The first-order valence-corrected chi connectivity index (χ1v) is 31.8. The van der Waals surface area contributed by atoms with Crippen LogP contribution < -0.4 is 47.9 Å². The average molecular weight is 1300 g/mol. The van der Waals surface area contributed by atoms with Crippen molar-refractivity contribution in [3.05, 3.63) is 137 Å². The Morgan fingerprint density at radius 2 is 1.37 bits per heavy atom. The topological polar surface area (TPSA) is 336 Å². The molecule has 0 saturated heterocycles. The van der Waals surface area contributed by atoms with Crippen molar-refractivity contribution >= 4 is 81.9 Å². The summed E-state index contributed by atoms with van der Waals surface area (Å²) >= 11 is 0. The molecule has 508 valence electrons. The van der Waals surface area contributed by atoms with E-state index in [0.717, 1.165) is 16.7 Å². The Morgan fingerprint density at radius 3 is 1.96 bits per heavy atom. The number of amides is 9. The second kappa shape index (κ2) is 33.0. The first-order valence-electron chi connectivity index (χ1n) is 31.8. The lowest BCUT2D eigenvalue weighted by molar-refractivity contribution is -0.141. The van der Waals surface area contributed by atoms with Crippen molar-refractivity contribution in [3.63, 3.8) is 0 Å². The molecule has 0 fully saturated rings. The van der Waals surface area contributed by atoms with E-state index < -0.39 is 88.7 Å². The molecule has 0 radical (unpaired) electrons. The number of hydrogen-bond donors (Lipinski definition) is 10. The van der Waals surface area contributed by atoms with Gasteiger partial charge in [-0.2, -0.15) is 5.11 Å². The lowest BCUT2D eigenvalue weighted by atomic mass is 9.73. The molecule has 2 unspecified atom stereocenters. The maximum atomic E-state index is 14.4. The van der Waals surface area contributed by atoms with Gasteiger partial charge in [0.25, 0.3) is 0 Å². The summed E-state index contributed by atoms with van der Waals surface area (Å²) in [5.74, 6) is -4.71. The van der Waals surface area contributed by atoms with Crippen LogP contribution in [0.25, 0.3) is 11.3 Å². The van der Waals surface area contributed by atoms with Crippen molar-refractivity contribution < 1.29 is 53.0 Å². The maximum Gasteiger partial charge on any atom is 0.411 e. The minimum absolute atomic E-state index is 0.0228. The van der Waals surface area contributed by atoms with Crippen LogP contribution in [-0.2, 0) is 56.9 Å². The lowest BCUT2D eigenvalue weighted by Gasteiger charge is -2.40. The van der Waals surface area contributed by atoms with Crippen molar-refractivity contribution in [2.45, 2.75) is 171 Å². The number of carboxylic acids is 1. The van der Waals surface area contributed by atoms with E-state index in [1.54, 1.807) is 81.4 Å². The summed E-state index contributed by atoms with van der Waals surface area (Å²) in [6.07, 6.45) is 0.593. The van der Waals surface area contributed by atoms with Gasteiger partial charge in [-0.3, -0.25) is 34.1 Å². The van der Waals surface area contributed by atoms with Crippen LogP contribution in [0.5, 0.6) is 0 Å². The van der Waals surface area contributed by atoms with Crippen LogP contribution in [0.1, 0.15) is 150 Å². The largest absolute Gasteiger partial charge is 0.478 e. The molecule has 0 aromatic heterocycles. The highest BCUT2D eigenvalue weighted by atomic mass is 16.5. The number of likely N-dealkylation sites (N-methyl/N-ethyl adjacent to an activating group) is 2. The molecule has 4 aromatic carbocycles. The zero-order valence-corrected chi connectivity index (χ0v) is 57.3. The predicted molar refractivity (Wildman–Crippen MR) is 365 cm³/mol. The van der Waals surface area contributed by atoms with Crippen LogP contribution >= 0.6 is 0 Å². The number of carbonyl (C=O) groups excluding carboxylic acids is 8. The fraction of sp³-hybridized carbons (Fsp3) is 0.479. The number of para-hydroxylation sites is 1. The Morgan fingerprint density at radius 1 is 0.734 bits per heavy atom. The Hall–Kier alpha value is -9.25. The highest BCUT2D eigenvalue weighted by molar-refractivity contribution is 6.04. The highest BCUT2D eigenvalue weighted by Crippen LogP contribution is 2.46. The number of primary amides is 1. The third-order valence-electron chi connectivity index (χ3n) is 17.3. The molecule has 9 amide bonds. The van der Waals surface area contributed by atoms with Gasteiger partial charge in [-0.25, -0.2) is 19.9 Å². The van der Waals surface area contributed by atoms with E-state index in [-0.39, 0.29) is 80.0 Å². The van der Waals surface area contributed by atoms with Crippen LogP contribution in [0.15, 0.2) is 114 Å². The summed E-state index contributed by atoms with van der Waals surface area (Å²) < 4.78 is 5.58. The Balaban J connectivity index is 1.22. The van der Waals surface area contributed by atoms with Gasteiger partial charge in [-0.05, 0) is 114 Å². The summed E-state index contributed by atoms with van der Waals surface area (Å²) in [5.41, 5.74) is 18.2. The standard InChI is InChI=1S/C71H98N12O11/c1-41(2)54(37-43(5)66(90)91)82(16)65(89)61(70(10,11)12)80-64(88)60(74-15)71(13,14)47-24-21-25-49(38-47)77-68(93)94-40-45-30-32-48(33-31-45)76-62(86)52(28-22-36-75-67(72)92)78-63(87)58(42(3)4)79-55(84)34-35-56(85)83-39-46-23-17-18-26-50(46)57(44(6)69(7,8)9)59(81-73)51-27-19-20-29-53(51)83/h17-21,23-27,29-33,37-38,41-42,44,52,54,58,60-61,73-74H,22,28,34-36,39-40H2,1-16H3,(H,76,86)(H,77,93)(H,78,87)(H,79,84)(H,80,88)(H,90,91)(H3,72,75,92)/b43-37+,59-57+,81-73?/t44?,52-,54+,58-,60+,61?/m0/s1. The zero-order chi connectivity index (χ0) is 70.2. The van der Waals surface area contributed by atoms with Gasteiger partial charge in [0.15, 0.2) is 0 Å². The number of rotatable bonds is 28. The Bertz CT molecular complexity index is 3470. The lowest BCUT2D eigenvalue weighted by Crippen LogP contribution is -2.61. The number of allylic oxidation sites excluding steroid dienone is 1. The minimum atomic E-state index is -1.15. The van der Waals surface area contributed by atoms with E-state index in [0.29, 0.717) is 39.4 Å². The van der Waals surface area contributed by atoms with E-state index in [1.807, 2.05) is 103 Å². The van der Waals surface area contributed by atoms with Gasteiger partial charge in [0.2, 0.25) is 35.4 Å². The summed E-state index contributed by atoms with van der Waals surface area (Å²) in [7, 11) is 3.24. The molecule has 11 N–H and O–H groups in total. The second-order valence-electron chi connectivity index (χ2n) is 27.5.